The quantitative estimate of drug-likeness (QED) is 0.621. The largest absolute Gasteiger partial charge is 0.493 e. The van der Waals surface area contributed by atoms with Crippen molar-refractivity contribution in [3.63, 3.8) is 0 Å². The van der Waals surface area contributed by atoms with E-state index in [1.165, 1.54) is 0 Å². The van der Waals surface area contributed by atoms with Gasteiger partial charge in [-0.05, 0) is 6.07 Å². The molecule has 0 spiro atoms. The fraction of sp³-hybridized carbons (Fsp3) is 0.278. The highest BCUT2D eigenvalue weighted by Crippen LogP contribution is 2.55. The summed E-state index contributed by atoms with van der Waals surface area (Å²) < 4.78 is 27.4. The van der Waals surface area contributed by atoms with Crippen LogP contribution in [0.4, 0.5) is 0 Å². The van der Waals surface area contributed by atoms with Crippen molar-refractivity contribution in [1.29, 1.82) is 0 Å². The molecule has 2 atom stereocenters. The van der Waals surface area contributed by atoms with Gasteiger partial charge >= 0.3 is 0 Å². The average Bonchev–Trinajstić information content (AvgIpc) is 3.28. The number of benzene rings is 2. The Morgan fingerprint density at radius 3 is 2.54 bits per heavy atom. The molecule has 6 heteroatoms. The van der Waals surface area contributed by atoms with E-state index in [4.69, 9.17) is 23.7 Å². The molecule has 0 unspecified atom stereocenters. The van der Waals surface area contributed by atoms with Gasteiger partial charge in [-0.2, -0.15) is 0 Å². The van der Waals surface area contributed by atoms with E-state index in [1.54, 1.807) is 32.4 Å². The van der Waals surface area contributed by atoms with Crippen LogP contribution in [0.15, 0.2) is 36.4 Å². The van der Waals surface area contributed by atoms with Gasteiger partial charge in [-0.25, -0.2) is 0 Å². The van der Waals surface area contributed by atoms with Crippen molar-refractivity contribution in [1.82, 2.24) is 0 Å². The highest BCUT2D eigenvalue weighted by molar-refractivity contribution is 6.01. The topological polar surface area (TPSA) is 66.5 Å². The maximum absolute atomic E-state index is 12.5. The first kappa shape index (κ1) is 14.8. The molecule has 2 heterocycles. The fourth-order valence-corrected chi connectivity index (χ4v) is 2.92. The lowest BCUT2D eigenvalue weighted by atomic mass is 10.0. The summed E-state index contributed by atoms with van der Waals surface area (Å²) in [5.74, 6) is 1.97. The van der Waals surface area contributed by atoms with E-state index >= 15 is 0 Å². The second-order valence-electron chi connectivity index (χ2n) is 5.47. The summed E-state index contributed by atoms with van der Waals surface area (Å²) >= 11 is 0. The van der Waals surface area contributed by atoms with E-state index in [2.05, 4.69) is 0 Å². The molecule has 0 radical (unpaired) electrons. The van der Waals surface area contributed by atoms with Gasteiger partial charge in [0.2, 0.25) is 18.3 Å². The number of carbonyl (C=O) groups is 1. The summed E-state index contributed by atoms with van der Waals surface area (Å²) in [7, 11) is 3.09. The van der Waals surface area contributed by atoms with Crippen LogP contribution in [0.3, 0.4) is 0 Å². The van der Waals surface area contributed by atoms with Gasteiger partial charge in [0.25, 0.3) is 0 Å². The van der Waals surface area contributed by atoms with Crippen LogP contribution in [0, 0.1) is 0 Å². The van der Waals surface area contributed by atoms with Crippen LogP contribution in [0.2, 0.25) is 0 Å². The minimum Gasteiger partial charge on any atom is -0.493 e. The second-order valence-corrected chi connectivity index (χ2v) is 5.47. The Balaban J connectivity index is 1.67. The summed E-state index contributed by atoms with van der Waals surface area (Å²) in [5, 5.41) is 0. The first-order valence-electron chi connectivity index (χ1n) is 7.53. The molecule has 1 fully saturated rings. The molecule has 2 aromatic rings. The van der Waals surface area contributed by atoms with Gasteiger partial charge < -0.3 is 23.7 Å². The number of epoxide rings is 1. The number of hydrogen-bond acceptors (Lipinski definition) is 6. The predicted octanol–water partition coefficient (Wildman–Crippen LogP) is 2.76. The SMILES string of the molecule is COc1cc([C@H]2O[C@H]2C(=O)c2ccccc2)c(OC)c2c1OCO2. The van der Waals surface area contributed by atoms with Crippen LogP contribution in [-0.2, 0) is 4.74 Å². The lowest BCUT2D eigenvalue weighted by molar-refractivity contribution is 0.0953. The molecule has 2 aliphatic heterocycles. The number of rotatable bonds is 5. The third-order valence-corrected chi connectivity index (χ3v) is 4.13. The normalized spacial score (nSPS) is 20.6. The van der Waals surface area contributed by atoms with E-state index < -0.39 is 12.2 Å². The van der Waals surface area contributed by atoms with Crippen molar-refractivity contribution in [3.05, 3.63) is 47.5 Å². The zero-order chi connectivity index (χ0) is 16.7. The van der Waals surface area contributed by atoms with Crippen LogP contribution in [-0.4, -0.2) is 32.9 Å². The van der Waals surface area contributed by atoms with Crippen LogP contribution in [0.5, 0.6) is 23.0 Å². The van der Waals surface area contributed by atoms with Crippen LogP contribution < -0.4 is 18.9 Å². The Labute approximate surface area is 138 Å². The van der Waals surface area contributed by atoms with E-state index in [0.29, 0.717) is 34.1 Å². The third kappa shape index (κ3) is 2.27. The number of fused-ring (bicyclic) bond motifs is 1. The fourth-order valence-electron chi connectivity index (χ4n) is 2.92. The predicted molar refractivity (Wildman–Crippen MR) is 84.1 cm³/mol. The van der Waals surface area contributed by atoms with Crippen molar-refractivity contribution in [2.24, 2.45) is 0 Å². The molecule has 0 amide bonds. The molecule has 2 aromatic carbocycles. The van der Waals surface area contributed by atoms with Gasteiger partial charge in [-0.3, -0.25) is 4.79 Å². The maximum atomic E-state index is 12.5. The zero-order valence-electron chi connectivity index (χ0n) is 13.3. The molecule has 2 aliphatic rings. The first-order chi connectivity index (χ1) is 11.7. The van der Waals surface area contributed by atoms with Crippen molar-refractivity contribution >= 4 is 5.78 Å². The van der Waals surface area contributed by atoms with Gasteiger partial charge in [-0.15, -0.1) is 0 Å². The molecule has 4 rings (SSSR count). The van der Waals surface area contributed by atoms with Crippen molar-refractivity contribution in [2.75, 3.05) is 21.0 Å². The number of hydrogen-bond donors (Lipinski definition) is 0. The average molecular weight is 328 g/mol. The zero-order valence-corrected chi connectivity index (χ0v) is 13.3. The Morgan fingerprint density at radius 2 is 1.83 bits per heavy atom. The third-order valence-electron chi connectivity index (χ3n) is 4.13. The summed E-state index contributed by atoms with van der Waals surface area (Å²) in [5.41, 5.74) is 1.34. The minimum absolute atomic E-state index is 0.0562. The minimum atomic E-state index is -0.536. The highest BCUT2D eigenvalue weighted by Gasteiger charge is 2.49. The van der Waals surface area contributed by atoms with E-state index in [-0.39, 0.29) is 12.6 Å². The van der Waals surface area contributed by atoms with E-state index in [1.807, 2.05) is 18.2 Å². The summed E-state index contributed by atoms with van der Waals surface area (Å²) in [6, 6.07) is 10.9. The van der Waals surface area contributed by atoms with Crippen LogP contribution in [0.1, 0.15) is 22.0 Å². The Bertz CT molecular complexity index is 786. The van der Waals surface area contributed by atoms with Gasteiger partial charge in [0.15, 0.2) is 23.4 Å². The van der Waals surface area contributed by atoms with Crippen molar-refractivity contribution < 1.29 is 28.5 Å². The lowest BCUT2D eigenvalue weighted by Crippen LogP contribution is -2.08. The van der Waals surface area contributed by atoms with Crippen molar-refractivity contribution in [2.45, 2.75) is 12.2 Å². The van der Waals surface area contributed by atoms with Gasteiger partial charge in [0.1, 0.15) is 6.10 Å². The van der Waals surface area contributed by atoms with Crippen molar-refractivity contribution in [3.8, 4) is 23.0 Å². The monoisotopic (exact) mass is 328 g/mol. The molecule has 1 saturated heterocycles. The number of ether oxygens (including phenoxy) is 5. The molecule has 0 aliphatic carbocycles. The standard InChI is InChI=1S/C18H16O6/c1-20-12-8-11(14(21-2)18-16(12)22-9-23-18)15-17(24-15)13(19)10-6-4-3-5-7-10/h3-8,15,17H,9H2,1-2H3/t15-,17+/m1/s1. The molecular weight excluding hydrogens is 312 g/mol. The van der Waals surface area contributed by atoms with E-state index in [9.17, 15) is 4.79 Å². The molecule has 124 valence electrons. The molecule has 24 heavy (non-hydrogen) atoms. The first-order valence-corrected chi connectivity index (χ1v) is 7.53. The lowest BCUT2D eigenvalue weighted by Gasteiger charge is -2.12. The molecule has 0 bridgehead atoms. The van der Waals surface area contributed by atoms with Gasteiger partial charge in [0.05, 0.1) is 14.2 Å². The number of Topliss-reactive ketones (excluding diaryl/α,β-unsaturated/α-hetero) is 1. The Kier molecular flexibility index (Phi) is 3.54. The summed E-state index contributed by atoms with van der Waals surface area (Å²) in [6.45, 7) is 0.101. The van der Waals surface area contributed by atoms with Gasteiger partial charge in [0, 0.05) is 11.1 Å². The molecule has 0 saturated carbocycles. The number of methoxy groups -OCH3 is 2. The second kappa shape index (κ2) is 5.72. The summed E-state index contributed by atoms with van der Waals surface area (Å²) in [6.07, 6.45) is -0.928. The van der Waals surface area contributed by atoms with Crippen LogP contribution >= 0.6 is 0 Å². The molecule has 0 N–H and O–H groups in total. The van der Waals surface area contributed by atoms with Gasteiger partial charge in [-0.1, -0.05) is 30.3 Å². The summed E-state index contributed by atoms with van der Waals surface area (Å²) in [4.78, 5) is 12.5. The molecule has 0 aromatic heterocycles. The maximum Gasteiger partial charge on any atom is 0.231 e. The smallest absolute Gasteiger partial charge is 0.231 e. The highest BCUT2D eigenvalue weighted by atomic mass is 16.7. The Hall–Kier alpha value is -2.73. The van der Waals surface area contributed by atoms with Crippen LogP contribution in [0.25, 0.3) is 0 Å². The Morgan fingerprint density at radius 1 is 1.08 bits per heavy atom. The molecule has 6 nitrogen and oxygen atoms in total. The molecular formula is C18H16O6. The van der Waals surface area contributed by atoms with E-state index in [0.717, 1.165) is 0 Å². The number of ketones is 1. The number of carbonyl (C=O) groups excluding carboxylic acids is 1.